The Balaban J connectivity index is 1.21. The fourth-order valence-electron chi connectivity index (χ4n) is 5.10. The third-order valence-electron chi connectivity index (χ3n) is 6.59. The Kier molecular flexibility index (Phi) is 5.26. The van der Waals surface area contributed by atoms with Gasteiger partial charge in [0.1, 0.15) is 34.8 Å². The second-order valence-corrected chi connectivity index (χ2v) is 11.6. The van der Waals surface area contributed by atoms with E-state index in [2.05, 4.69) is 27.9 Å². The standard InChI is InChI=1S/C23H30FN5O3S/c1-5-15-7-16-18(25-13-26-19(16)33-15)27-9-23(10-27)11-28(12-23)20(30)17-6-14(24)8-29(17)21(31)32-22(2,3)4/h7,13-14,17H,5-6,8-12H2,1-4H3/t14-,17-/m0/s1. The second-order valence-electron chi connectivity index (χ2n) is 10.5. The first-order valence-electron chi connectivity index (χ1n) is 11.5. The van der Waals surface area contributed by atoms with Crippen LogP contribution in [-0.2, 0) is 16.0 Å². The molecule has 2 amide bonds. The molecule has 33 heavy (non-hydrogen) atoms. The first kappa shape index (κ1) is 22.3. The molecule has 0 N–H and O–H groups in total. The molecule has 2 aromatic heterocycles. The Morgan fingerprint density at radius 3 is 2.64 bits per heavy atom. The molecular formula is C23H30FN5O3S. The molecule has 0 bridgehead atoms. The molecule has 5 rings (SSSR count). The minimum absolute atomic E-state index is 0.0323. The van der Waals surface area contributed by atoms with Crippen LogP contribution in [0.25, 0.3) is 10.2 Å². The summed E-state index contributed by atoms with van der Waals surface area (Å²) >= 11 is 1.70. The van der Waals surface area contributed by atoms with Crippen molar-refractivity contribution in [2.45, 2.75) is 58.4 Å². The SMILES string of the molecule is CCc1cc2c(N3CC4(CN(C(=O)[C@@H]5C[C@H](F)CN5C(=O)OC(C)(C)C)C4)C3)ncnc2s1. The van der Waals surface area contributed by atoms with E-state index in [0.29, 0.717) is 13.1 Å². The van der Waals surface area contributed by atoms with Gasteiger partial charge >= 0.3 is 6.09 Å². The molecule has 2 aromatic rings. The van der Waals surface area contributed by atoms with E-state index in [4.69, 9.17) is 4.74 Å². The number of fused-ring (bicyclic) bond motifs is 1. The number of anilines is 1. The van der Waals surface area contributed by atoms with E-state index in [9.17, 15) is 14.0 Å². The van der Waals surface area contributed by atoms with Crippen LogP contribution in [0, 0.1) is 5.41 Å². The van der Waals surface area contributed by atoms with Crippen molar-refractivity contribution in [1.29, 1.82) is 0 Å². The molecule has 1 spiro atoms. The van der Waals surface area contributed by atoms with Gasteiger partial charge in [-0.2, -0.15) is 0 Å². The van der Waals surface area contributed by atoms with Crippen molar-refractivity contribution in [2.75, 3.05) is 37.6 Å². The van der Waals surface area contributed by atoms with Crippen LogP contribution in [-0.4, -0.2) is 82.3 Å². The first-order chi connectivity index (χ1) is 15.6. The summed E-state index contributed by atoms with van der Waals surface area (Å²) < 4.78 is 19.5. The lowest BCUT2D eigenvalue weighted by Gasteiger charge is -2.61. The van der Waals surface area contributed by atoms with Gasteiger partial charge < -0.3 is 14.5 Å². The van der Waals surface area contributed by atoms with Crippen molar-refractivity contribution in [2.24, 2.45) is 5.41 Å². The summed E-state index contributed by atoms with van der Waals surface area (Å²) in [5.74, 6) is 0.776. The van der Waals surface area contributed by atoms with Crippen LogP contribution in [0.3, 0.4) is 0 Å². The van der Waals surface area contributed by atoms with Crippen molar-refractivity contribution in [1.82, 2.24) is 19.8 Å². The summed E-state index contributed by atoms with van der Waals surface area (Å²) in [5, 5.41) is 1.09. The number of aryl methyl sites for hydroxylation is 1. The third-order valence-corrected chi connectivity index (χ3v) is 7.77. The molecule has 5 heterocycles. The van der Waals surface area contributed by atoms with E-state index >= 15 is 0 Å². The van der Waals surface area contributed by atoms with Crippen LogP contribution in [0.4, 0.5) is 15.0 Å². The third kappa shape index (κ3) is 4.02. The minimum atomic E-state index is -1.21. The lowest BCUT2D eigenvalue weighted by molar-refractivity contribution is -0.150. The molecule has 2 atom stereocenters. The molecule has 0 radical (unpaired) electrons. The normalized spacial score (nSPS) is 24.2. The molecule has 0 unspecified atom stereocenters. The van der Waals surface area contributed by atoms with Gasteiger partial charge in [0.2, 0.25) is 5.91 Å². The van der Waals surface area contributed by atoms with Gasteiger partial charge in [0.15, 0.2) is 0 Å². The Bertz CT molecular complexity index is 1090. The summed E-state index contributed by atoms with van der Waals surface area (Å²) in [6.45, 7) is 10.2. The van der Waals surface area contributed by atoms with Crippen molar-refractivity contribution in [3.8, 4) is 0 Å². The number of alkyl halides is 1. The van der Waals surface area contributed by atoms with E-state index in [0.717, 1.165) is 35.5 Å². The quantitative estimate of drug-likeness (QED) is 0.678. The maximum absolute atomic E-state index is 14.1. The number of likely N-dealkylation sites (tertiary alicyclic amines) is 2. The summed E-state index contributed by atoms with van der Waals surface area (Å²) in [6, 6.07) is 1.39. The maximum atomic E-state index is 14.1. The highest BCUT2D eigenvalue weighted by Gasteiger charge is 2.56. The predicted octanol–water partition coefficient (Wildman–Crippen LogP) is 3.25. The number of thiophene rings is 1. The molecule has 178 valence electrons. The van der Waals surface area contributed by atoms with Crippen LogP contribution in [0.5, 0.6) is 0 Å². The zero-order chi connectivity index (χ0) is 23.5. The highest BCUT2D eigenvalue weighted by molar-refractivity contribution is 7.18. The van der Waals surface area contributed by atoms with E-state index in [1.807, 2.05) is 0 Å². The number of rotatable bonds is 3. The Morgan fingerprint density at radius 2 is 1.97 bits per heavy atom. The molecule has 0 aliphatic carbocycles. The lowest BCUT2D eigenvalue weighted by atomic mass is 9.72. The highest BCUT2D eigenvalue weighted by Crippen LogP contribution is 2.44. The van der Waals surface area contributed by atoms with E-state index < -0.39 is 23.9 Å². The molecule has 3 aliphatic rings. The molecule has 0 saturated carbocycles. The summed E-state index contributed by atoms with van der Waals surface area (Å²) in [7, 11) is 0. The zero-order valence-corrected chi connectivity index (χ0v) is 20.3. The summed E-state index contributed by atoms with van der Waals surface area (Å²) in [4.78, 5) is 42.1. The molecule has 10 heteroatoms. The van der Waals surface area contributed by atoms with Gasteiger partial charge in [0.25, 0.3) is 0 Å². The molecule has 3 fully saturated rings. The van der Waals surface area contributed by atoms with Crippen LogP contribution < -0.4 is 4.90 Å². The van der Waals surface area contributed by atoms with Crippen molar-refractivity contribution in [3.63, 3.8) is 0 Å². The van der Waals surface area contributed by atoms with Gasteiger partial charge in [-0.1, -0.05) is 6.92 Å². The van der Waals surface area contributed by atoms with E-state index in [1.165, 1.54) is 9.78 Å². The number of amides is 2. The average molecular weight is 476 g/mol. The zero-order valence-electron chi connectivity index (χ0n) is 19.5. The molecular weight excluding hydrogens is 445 g/mol. The number of halogens is 1. The van der Waals surface area contributed by atoms with Gasteiger partial charge in [-0.05, 0) is 33.3 Å². The monoisotopic (exact) mass is 475 g/mol. The minimum Gasteiger partial charge on any atom is -0.444 e. The smallest absolute Gasteiger partial charge is 0.411 e. The Morgan fingerprint density at radius 1 is 1.24 bits per heavy atom. The average Bonchev–Trinajstić information content (AvgIpc) is 3.27. The van der Waals surface area contributed by atoms with Gasteiger partial charge in [-0.25, -0.2) is 19.2 Å². The van der Waals surface area contributed by atoms with Crippen molar-refractivity contribution < 1.29 is 18.7 Å². The van der Waals surface area contributed by atoms with Crippen LogP contribution in [0.2, 0.25) is 0 Å². The number of carbonyl (C=O) groups is 2. The second kappa shape index (κ2) is 7.78. The number of carbonyl (C=O) groups excluding carboxylic acids is 2. The fraction of sp³-hybridized carbons (Fsp3) is 0.652. The van der Waals surface area contributed by atoms with Crippen LogP contribution in [0.1, 0.15) is 39.0 Å². The number of aromatic nitrogens is 2. The van der Waals surface area contributed by atoms with Crippen LogP contribution >= 0.6 is 11.3 Å². The molecule has 0 aromatic carbocycles. The maximum Gasteiger partial charge on any atom is 0.411 e. The summed E-state index contributed by atoms with van der Waals surface area (Å²) in [5.41, 5.74) is -0.650. The van der Waals surface area contributed by atoms with Crippen molar-refractivity contribution >= 4 is 39.4 Å². The summed E-state index contributed by atoms with van der Waals surface area (Å²) in [6.07, 6.45) is 0.794. The molecule has 8 nitrogen and oxygen atoms in total. The highest BCUT2D eigenvalue weighted by atomic mass is 32.1. The Labute approximate surface area is 196 Å². The number of ether oxygens (including phenoxy) is 1. The topological polar surface area (TPSA) is 78.9 Å². The van der Waals surface area contributed by atoms with Gasteiger partial charge in [0.05, 0.1) is 11.9 Å². The largest absolute Gasteiger partial charge is 0.444 e. The van der Waals surface area contributed by atoms with Gasteiger partial charge in [-0.15, -0.1) is 11.3 Å². The molecule has 3 saturated heterocycles. The van der Waals surface area contributed by atoms with Crippen molar-refractivity contribution in [3.05, 3.63) is 17.3 Å². The Hall–Kier alpha value is -2.49. The van der Waals surface area contributed by atoms with Gasteiger partial charge in [0, 0.05) is 42.9 Å². The number of nitrogens with zero attached hydrogens (tertiary/aromatic N) is 5. The van der Waals surface area contributed by atoms with Gasteiger partial charge in [-0.3, -0.25) is 9.69 Å². The van der Waals surface area contributed by atoms with Crippen LogP contribution in [0.15, 0.2) is 12.4 Å². The first-order valence-corrected chi connectivity index (χ1v) is 12.3. The molecule has 3 aliphatic heterocycles. The number of hydrogen-bond acceptors (Lipinski definition) is 7. The predicted molar refractivity (Wildman–Crippen MR) is 124 cm³/mol. The van der Waals surface area contributed by atoms with E-state index in [1.54, 1.807) is 43.3 Å². The lowest BCUT2D eigenvalue weighted by Crippen LogP contribution is -2.74. The number of hydrogen-bond donors (Lipinski definition) is 0. The fourth-order valence-corrected chi connectivity index (χ4v) is 6.03. The van der Waals surface area contributed by atoms with E-state index in [-0.39, 0.29) is 24.3 Å².